The van der Waals surface area contributed by atoms with Crippen LogP contribution in [0.5, 0.6) is 0 Å². The fraction of sp³-hybridized carbons (Fsp3) is 0.524. The Morgan fingerprint density at radius 2 is 1.87 bits per heavy atom. The van der Waals surface area contributed by atoms with E-state index in [-0.39, 0.29) is 22.8 Å². The van der Waals surface area contributed by atoms with Crippen molar-refractivity contribution in [2.75, 3.05) is 58.7 Å². The predicted octanol–water partition coefficient (Wildman–Crippen LogP) is 0.492. The van der Waals surface area contributed by atoms with Crippen molar-refractivity contribution >= 4 is 27.5 Å². The normalized spacial score (nSPS) is 16.7. The minimum Gasteiger partial charge on any atom is -0.352 e. The third-order valence-electron chi connectivity index (χ3n) is 5.39. The molecule has 1 unspecified atom stereocenters. The Labute approximate surface area is 185 Å². The zero-order chi connectivity index (χ0) is 23.2. The van der Waals surface area contributed by atoms with Crippen molar-refractivity contribution < 1.29 is 18.0 Å². The van der Waals surface area contributed by atoms with Crippen molar-refractivity contribution in [2.45, 2.75) is 24.8 Å². The number of sulfonamides is 1. The topological polar surface area (TPSA) is 102 Å². The smallest absolute Gasteiger partial charge is 0.242 e. The van der Waals surface area contributed by atoms with Crippen LogP contribution in [-0.2, 0) is 19.6 Å². The maximum atomic E-state index is 12.8. The molecule has 2 N–H and O–H groups in total. The van der Waals surface area contributed by atoms with Gasteiger partial charge in [-0.25, -0.2) is 12.7 Å². The Balaban J connectivity index is 1.96. The van der Waals surface area contributed by atoms with Crippen molar-refractivity contribution in [2.24, 2.45) is 0 Å². The first kappa shape index (κ1) is 25.0. The number of nitrogens with zero attached hydrogens (tertiary/aromatic N) is 3. The minimum atomic E-state index is -3.59. The number of hydrogen-bond donors (Lipinski definition) is 2. The molecule has 1 aromatic carbocycles. The Hall–Kier alpha value is -2.27. The van der Waals surface area contributed by atoms with Gasteiger partial charge in [-0.05, 0) is 31.5 Å². The number of piperazine rings is 1. The lowest BCUT2D eigenvalue weighted by Gasteiger charge is -2.37. The van der Waals surface area contributed by atoms with E-state index in [1.54, 1.807) is 12.1 Å². The van der Waals surface area contributed by atoms with Crippen LogP contribution < -0.4 is 10.6 Å². The average Bonchev–Trinajstić information content (AvgIpc) is 2.73. The molecule has 31 heavy (non-hydrogen) atoms. The van der Waals surface area contributed by atoms with Crippen LogP contribution in [0.25, 0.3) is 0 Å². The Kier molecular flexibility index (Phi) is 8.75. The van der Waals surface area contributed by atoms with Gasteiger partial charge in [-0.3, -0.25) is 19.4 Å². The molecular formula is C21H33N5O4S. The third kappa shape index (κ3) is 6.60. The van der Waals surface area contributed by atoms with Gasteiger partial charge < -0.3 is 10.6 Å². The number of carbonyl (C=O) groups is 2. The van der Waals surface area contributed by atoms with E-state index in [1.165, 1.54) is 26.2 Å². The summed E-state index contributed by atoms with van der Waals surface area (Å²) in [7, 11) is -0.646. The predicted molar refractivity (Wildman–Crippen MR) is 121 cm³/mol. The molecule has 0 spiro atoms. The average molecular weight is 452 g/mol. The standard InChI is InChI=1S/C21H33N5O4S/c1-6-9-22-20(27)15-25-10-12-26(13-11-25)17(3)21(28)23-19-14-18(8-7-16(19)2)31(29,30)24(4)5/h6-8,14,17H,1,9-13,15H2,2-5H3,(H,22,27)(H,23,28). The van der Waals surface area contributed by atoms with Crippen LogP contribution in [0.15, 0.2) is 35.7 Å². The molecule has 1 aromatic rings. The maximum Gasteiger partial charge on any atom is 0.242 e. The number of rotatable bonds is 9. The summed E-state index contributed by atoms with van der Waals surface area (Å²) in [5.74, 6) is -0.234. The first-order chi connectivity index (χ1) is 14.6. The third-order valence-corrected chi connectivity index (χ3v) is 7.20. The molecule has 1 aliphatic rings. The van der Waals surface area contributed by atoms with Crippen molar-refractivity contribution in [3.63, 3.8) is 0 Å². The molecule has 10 heteroatoms. The fourth-order valence-corrected chi connectivity index (χ4v) is 4.19. The molecule has 2 amide bonds. The molecule has 1 fully saturated rings. The van der Waals surface area contributed by atoms with Gasteiger partial charge in [-0.1, -0.05) is 12.1 Å². The highest BCUT2D eigenvalue weighted by Crippen LogP contribution is 2.22. The number of amides is 2. The molecule has 0 aromatic heterocycles. The number of carbonyl (C=O) groups excluding carboxylic acids is 2. The van der Waals surface area contributed by atoms with Crippen LogP contribution in [-0.4, -0.2) is 93.7 Å². The van der Waals surface area contributed by atoms with Gasteiger partial charge in [0.2, 0.25) is 21.8 Å². The van der Waals surface area contributed by atoms with Gasteiger partial charge in [-0.15, -0.1) is 6.58 Å². The van der Waals surface area contributed by atoms with E-state index in [1.807, 2.05) is 13.8 Å². The van der Waals surface area contributed by atoms with E-state index in [2.05, 4.69) is 27.0 Å². The summed E-state index contributed by atoms with van der Waals surface area (Å²) in [6, 6.07) is 4.33. The van der Waals surface area contributed by atoms with Gasteiger partial charge >= 0.3 is 0 Å². The molecule has 2 rings (SSSR count). The first-order valence-electron chi connectivity index (χ1n) is 10.2. The highest BCUT2D eigenvalue weighted by Gasteiger charge is 2.27. The summed E-state index contributed by atoms with van der Waals surface area (Å²) in [6.07, 6.45) is 1.64. The Morgan fingerprint density at radius 3 is 2.45 bits per heavy atom. The molecule has 172 valence electrons. The summed E-state index contributed by atoms with van der Waals surface area (Å²) < 4.78 is 25.9. The lowest BCUT2D eigenvalue weighted by Crippen LogP contribution is -2.54. The second-order valence-corrected chi connectivity index (χ2v) is 9.99. The Morgan fingerprint density at radius 1 is 1.23 bits per heavy atom. The molecule has 1 atom stereocenters. The SMILES string of the molecule is C=CCNC(=O)CN1CCN(C(C)C(=O)Nc2cc(S(=O)(=O)N(C)C)ccc2C)CC1. The van der Waals surface area contributed by atoms with Crippen molar-refractivity contribution in [1.29, 1.82) is 0 Å². The molecular weight excluding hydrogens is 418 g/mol. The molecule has 0 saturated carbocycles. The lowest BCUT2D eigenvalue weighted by atomic mass is 10.1. The molecule has 9 nitrogen and oxygen atoms in total. The van der Waals surface area contributed by atoms with Gasteiger partial charge in [0.15, 0.2) is 0 Å². The largest absolute Gasteiger partial charge is 0.352 e. The Bertz CT molecular complexity index is 908. The number of nitrogens with one attached hydrogen (secondary N) is 2. The zero-order valence-electron chi connectivity index (χ0n) is 18.7. The molecule has 1 heterocycles. The van der Waals surface area contributed by atoms with Crippen molar-refractivity contribution in [3.05, 3.63) is 36.4 Å². The highest BCUT2D eigenvalue weighted by atomic mass is 32.2. The molecule has 1 aliphatic heterocycles. The quantitative estimate of drug-likeness (QED) is 0.530. The minimum absolute atomic E-state index is 0.0397. The summed E-state index contributed by atoms with van der Waals surface area (Å²) >= 11 is 0. The second kappa shape index (κ2) is 10.9. The van der Waals surface area contributed by atoms with E-state index in [9.17, 15) is 18.0 Å². The van der Waals surface area contributed by atoms with Gasteiger partial charge in [0.05, 0.1) is 17.5 Å². The maximum absolute atomic E-state index is 12.8. The summed E-state index contributed by atoms with van der Waals surface area (Å²) in [6.45, 7) is 10.7. The summed E-state index contributed by atoms with van der Waals surface area (Å²) in [5.41, 5.74) is 1.27. The van der Waals surface area contributed by atoms with Gasteiger partial charge in [-0.2, -0.15) is 0 Å². The van der Waals surface area contributed by atoms with E-state index in [0.717, 1.165) is 9.87 Å². The number of benzene rings is 1. The molecule has 1 saturated heterocycles. The van der Waals surface area contributed by atoms with Gasteiger partial charge in [0.1, 0.15) is 0 Å². The number of aryl methyl sites for hydroxylation is 1. The lowest BCUT2D eigenvalue weighted by molar-refractivity contribution is -0.124. The van der Waals surface area contributed by atoms with Crippen LogP contribution in [0.1, 0.15) is 12.5 Å². The van der Waals surface area contributed by atoms with E-state index in [4.69, 9.17) is 0 Å². The summed E-state index contributed by atoms with van der Waals surface area (Å²) in [5, 5.41) is 5.64. The van der Waals surface area contributed by atoms with Crippen molar-refractivity contribution in [1.82, 2.24) is 19.4 Å². The second-order valence-electron chi connectivity index (χ2n) is 7.83. The van der Waals surface area contributed by atoms with Crippen LogP contribution >= 0.6 is 0 Å². The number of hydrogen-bond acceptors (Lipinski definition) is 6. The van der Waals surface area contributed by atoms with E-state index < -0.39 is 10.0 Å². The van der Waals surface area contributed by atoms with E-state index >= 15 is 0 Å². The van der Waals surface area contributed by atoms with Crippen LogP contribution in [0, 0.1) is 6.92 Å². The number of anilines is 1. The van der Waals surface area contributed by atoms with Crippen LogP contribution in [0.3, 0.4) is 0 Å². The monoisotopic (exact) mass is 451 g/mol. The zero-order valence-corrected chi connectivity index (χ0v) is 19.5. The molecule has 0 aliphatic carbocycles. The van der Waals surface area contributed by atoms with Crippen LogP contribution in [0.2, 0.25) is 0 Å². The van der Waals surface area contributed by atoms with Gasteiger partial charge in [0.25, 0.3) is 0 Å². The fourth-order valence-electron chi connectivity index (χ4n) is 3.26. The van der Waals surface area contributed by atoms with Crippen molar-refractivity contribution in [3.8, 4) is 0 Å². The van der Waals surface area contributed by atoms with Gasteiger partial charge in [0, 0.05) is 52.5 Å². The first-order valence-corrected chi connectivity index (χ1v) is 11.7. The highest BCUT2D eigenvalue weighted by molar-refractivity contribution is 7.89. The molecule has 0 radical (unpaired) electrons. The van der Waals surface area contributed by atoms with Crippen LogP contribution in [0.4, 0.5) is 5.69 Å². The molecule has 0 bridgehead atoms. The van der Waals surface area contributed by atoms with E-state index in [0.29, 0.717) is 45.0 Å². The summed E-state index contributed by atoms with van der Waals surface area (Å²) in [4.78, 5) is 28.9.